The number of amidine groups is 1. The highest BCUT2D eigenvalue weighted by molar-refractivity contribution is 5.99. The summed E-state index contributed by atoms with van der Waals surface area (Å²) in [5.74, 6) is -1.24. The molecule has 2 amide bonds. The molecule has 0 aromatic heterocycles. The molecule has 3 rings (SSSR count). The minimum atomic E-state index is -1.59. The summed E-state index contributed by atoms with van der Waals surface area (Å²) in [7, 11) is 1.59. The zero-order valence-corrected chi connectivity index (χ0v) is 21.8. The van der Waals surface area contributed by atoms with Gasteiger partial charge >= 0.3 is 0 Å². The molecule has 0 radical (unpaired) electrons. The Morgan fingerprint density at radius 3 is 2.47 bits per heavy atom. The van der Waals surface area contributed by atoms with Crippen LogP contribution in [0.1, 0.15) is 46.1 Å². The Bertz CT molecular complexity index is 961. The van der Waals surface area contributed by atoms with Gasteiger partial charge in [-0.3, -0.25) is 15.0 Å². The number of carbonyl (C=O) groups is 2. The Labute approximate surface area is 214 Å². The Morgan fingerprint density at radius 2 is 1.92 bits per heavy atom. The van der Waals surface area contributed by atoms with Crippen molar-refractivity contribution in [2.24, 2.45) is 5.73 Å². The number of nitrogens with zero attached hydrogens (tertiary/aromatic N) is 2. The van der Waals surface area contributed by atoms with E-state index in [0.717, 1.165) is 12.0 Å². The third-order valence-electron chi connectivity index (χ3n) is 4.47. The zero-order valence-electron chi connectivity index (χ0n) is 21.8. The Balaban J connectivity index is 0.000000723. The van der Waals surface area contributed by atoms with Crippen LogP contribution in [0.15, 0.2) is 60.2 Å². The Hall–Kier alpha value is -3.74. The van der Waals surface area contributed by atoms with Crippen LogP contribution < -0.4 is 11.1 Å². The van der Waals surface area contributed by atoms with Crippen molar-refractivity contribution in [3.8, 4) is 6.07 Å². The summed E-state index contributed by atoms with van der Waals surface area (Å²) in [6.07, 6.45) is 8.92. The summed E-state index contributed by atoms with van der Waals surface area (Å²) in [6, 6.07) is 8.31. The topological polar surface area (TPSA) is 153 Å². The number of nitrogen functional groups attached to an aromatic ring is 1. The SMILES string of the molecule is CC.CCC.CN1CCO[C@H](C(O)C(=O)Nc2ccc(C(=N)N)cc2)C1=O.N#CC1=CC=CCC=C1. The summed E-state index contributed by atoms with van der Waals surface area (Å²) >= 11 is 0. The average Bonchev–Trinajstić information content (AvgIpc) is 3.17. The van der Waals surface area contributed by atoms with Crippen molar-refractivity contribution < 1.29 is 19.4 Å². The quantitative estimate of drug-likeness (QED) is 0.369. The molecular weight excluding hydrogens is 458 g/mol. The number of nitrogens with two attached hydrogens (primary N) is 1. The number of amides is 2. The summed E-state index contributed by atoms with van der Waals surface area (Å²) < 4.78 is 5.19. The van der Waals surface area contributed by atoms with Crippen molar-refractivity contribution in [1.29, 1.82) is 10.7 Å². The van der Waals surface area contributed by atoms with Gasteiger partial charge in [-0.1, -0.05) is 52.3 Å². The van der Waals surface area contributed by atoms with Crippen LogP contribution >= 0.6 is 0 Å². The number of likely N-dealkylation sites (N-methyl/N-ethyl adjacent to an activating group) is 1. The molecule has 36 heavy (non-hydrogen) atoms. The number of hydrogen-bond acceptors (Lipinski definition) is 6. The minimum Gasteiger partial charge on any atom is -0.384 e. The molecule has 1 heterocycles. The molecule has 1 fully saturated rings. The first-order chi connectivity index (χ1) is 17.2. The summed E-state index contributed by atoms with van der Waals surface area (Å²) in [5, 5.41) is 28.2. The van der Waals surface area contributed by atoms with E-state index in [0.29, 0.717) is 17.8 Å². The minimum absolute atomic E-state index is 0.0813. The molecule has 1 aromatic carbocycles. The second-order valence-corrected chi connectivity index (χ2v) is 7.48. The lowest BCUT2D eigenvalue weighted by molar-refractivity contribution is -0.164. The maximum Gasteiger partial charge on any atom is 0.256 e. The predicted molar refractivity (Wildman–Crippen MR) is 143 cm³/mol. The van der Waals surface area contributed by atoms with Gasteiger partial charge in [0.2, 0.25) is 0 Å². The number of ether oxygens (including phenoxy) is 1. The van der Waals surface area contributed by atoms with Crippen LogP contribution in [0.3, 0.4) is 0 Å². The second-order valence-electron chi connectivity index (χ2n) is 7.48. The van der Waals surface area contributed by atoms with Crippen molar-refractivity contribution in [2.45, 2.75) is 52.7 Å². The van der Waals surface area contributed by atoms with E-state index in [1.807, 2.05) is 44.2 Å². The fourth-order valence-electron chi connectivity index (χ4n) is 2.68. The van der Waals surface area contributed by atoms with Gasteiger partial charge in [0, 0.05) is 24.8 Å². The molecule has 0 saturated carbocycles. The van der Waals surface area contributed by atoms with E-state index in [2.05, 4.69) is 25.2 Å². The van der Waals surface area contributed by atoms with Gasteiger partial charge in [0.15, 0.2) is 12.2 Å². The molecule has 196 valence electrons. The van der Waals surface area contributed by atoms with Gasteiger partial charge in [0.05, 0.1) is 18.2 Å². The first-order valence-electron chi connectivity index (χ1n) is 12.0. The maximum absolute atomic E-state index is 12.0. The van der Waals surface area contributed by atoms with E-state index in [4.69, 9.17) is 21.1 Å². The number of hydrogen-bond donors (Lipinski definition) is 4. The van der Waals surface area contributed by atoms with Crippen molar-refractivity contribution in [3.05, 3.63) is 65.8 Å². The summed E-state index contributed by atoms with van der Waals surface area (Å²) in [5.41, 5.74) is 7.00. The number of aliphatic hydroxyl groups is 1. The van der Waals surface area contributed by atoms with Crippen molar-refractivity contribution in [3.63, 3.8) is 0 Å². The molecule has 0 spiro atoms. The van der Waals surface area contributed by atoms with Crippen LogP contribution in [0.25, 0.3) is 0 Å². The number of anilines is 1. The monoisotopic (exact) mass is 497 g/mol. The molecule has 2 atom stereocenters. The second kappa shape index (κ2) is 18.6. The van der Waals surface area contributed by atoms with Crippen molar-refractivity contribution >= 4 is 23.3 Å². The number of carbonyl (C=O) groups excluding carboxylic acids is 2. The van der Waals surface area contributed by atoms with Gasteiger partial charge < -0.3 is 25.8 Å². The zero-order chi connectivity index (χ0) is 27.5. The lowest BCUT2D eigenvalue weighted by Crippen LogP contribution is -2.54. The highest BCUT2D eigenvalue weighted by Gasteiger charge is 2.37. The molecule has 0 bridgehead atoms. The number of aliphatic hydroxyl groups excluding tert-OH is 1. The van der Waals surface area contributed by atoms with Gasteiger partial charge in [-0.25, -0.2) is 0 Å². The molecule has 2 aliphatic rings. The van der Waals surface area contributed by atoms with Gasteiger partial charge in [-0.05, 0) is 42.8 Å². The molecule has 1 aliphatic carbocycles. The highest BCUT2D eigenvalue weighted by Crippen LogP contribution is 2.13. The van der Waals surface area contributed by atoms with E-state index < -0.39 is 24.0 Å². The summed E-state index contributed by atoms with van der Waals surface area (Å²) in [6.45, 7) is 8.95. The van der Waals surface area contributed by atoms with E-state index in [1.165, 1.54) is 11.3 Å². The van der Waals surface area contributed by atoms with Gasteiger partial charge in [-0.15, -0.1) is 0 Å². The lowest BCUT2D eigenvalue weighted by Gasteiger charge is -2.31. The van der Waals surface area contributed by atoms with Crippen LogP contribution in [0.4, 0.5) is 5.69 Å². The molecule has 1 unspecified atom stereocenters. The maximum atomic E-state index is 12.0. The van der Waals surface area contributed by atoms with Crippen LogP contribution in [0.2, 0.25) is 0 Å². The normalized spacial score (nSPS) is 16.7. The third kappa shape index (κ3) is 11.6. The van der Waals surface area contributed by atoms with Gasteiger partial charge in [0.1, 0.15) is 5.84 Å². The molecule has 1 aliphatic heterocycles. The van der Waals surface area contributed by atoms with E-state index in [9.17, 15) is 14.7 Å². The number of nitriles is 1. The fourth-order valence-corrected chi connectivity index (χ4v) is 2.68. The molecule has 1 aromatic rings. The molecule has 1 saturated heterocycles. The standard InChI is InChI=1S/C14H18N4O4.C8H7N.C3H8.C2H6/c1-18-6-7-22-11(14(18)21)10(19)13(20)17-9-4-2-8(3-5-9)12(15)16;9-7-8-5-3-1-2-4-6-8;1-3-2;1-2/h2-5,10-11,19H,6-7H2,1H3,(H3,15,16)(H,17,20);1,3-6H,2H2;3H2,1-2H3;1-2H3/t10?,11-;;;/m1.../s1. The molecule has 9 nitrogen and oxygen atoms in total. The van der Waals surface area contributed by atoms with E-state index in [-0.39, 0.29) is 12.4 Å². The molecule has 5 N–H and O–H groups in total. The van der Waals surface area contributed by atoms with Gasteiger partial charge in [-0.2, -0.15) is 5.26 Å². The average molecular weight is 498 g/mol. The van der Waals surface area contributed by atoms with Crippen molar-refractivity contribution in [1.82, 2.24) is 4.90 Å². The van der Waals surface area contributed by atoms with E-state index in [1.54, 1.807) is 31.3 Å². The number of nitrogens with one attached hydrogen (secondary N) is 2. The third-order valence-corrected chi connectivity index (χ3v) is 4.47. The number of benzene rings is 1. The predicted octanol–water partition coefficient (Wildman–Crippen LogP) is 3.52. The lowest BCUT2D eigenvalue weighted by atomic mass is 10.1. The molecular formula is C27H39N5O4. The first-order valence-corrected chi connectivity index (χ1v) is 12.0. The fraction of sp³-hybridized carbons (Fsp3) is 0.407. The van der Waals surface area contributed by atoms with Crippen LogP contribution in [0.5, 0.6) is 0 Å². The summed E-state index contributed by atoms with van der Waals surface area (Å²) in [4.78, 5) is 25.3. The highest BCUT2D eigenvalue weighted by atomic mass is 16.5. The Morgan fingerprint density at radius 1 is 1.31 bits per heavy atom. The van der Waals surface area contributed by atoms with Crippen LogP contribution in [-0.2, 0) is 14.3 Å². The van der Waals surface area contributed by atoms with Gasteiger partial charge in [0.25, 0.3) is 11.8 Å². The smallest absolute Gasteiger partial charge is 0.256 e. The largest absolute Gasteiger partial charge is 0.384 e. The number of rotatable bonds is 4. The number of allylic oxidation sites excluding steroid dienone is 6. The van der Waals surface area contributed by atoms with Crippen LogP contribution in [-0.4, -0.2) is 60.1 Å². The first kappa shape index (κ1) is 32.3. The van der Waals surface area contributed by atoms with Crippen molar-refractivity contribution in [2.75, 3.05) is 25.5 Å². The van der Waals surface area contributed by atoms with Crippen LogP contribution in [0, 0.1) is 16.7 Å². The number of morpholine rings is 1. The van der Waals surface area contributed by atoms with E-state index >= 15 is 0 Å². The Kier molecular flexibility index (Phi) is 16.6. The molecule has 9 heteroatoms.